The van der Waals surface area contributed by atoms with Crippen molar-refractivity contribution < 1.29 is 5.11 Å². The number of benzene rings is 1. The number of aliphatic hydroxyl groups excluding tert-OH is 1. The first-order valence-corrected chi connectivity index (χ1v) is 4.88. The van der Waals surface area contributed by atoms with E-state index in [-0.39, 0.29) is 6.10 Å². The van der Waals surface area contributed by atoms with Crippen molar-refractivity contribution in [2.45, 2.75) is 33.3 Å². The second-order valence-electron chi connectivity index (χ2n) is 4.21. The molecule has 1 aliphatic rings. The largest absolute Gasteiger partial charge is 0.388 e. The summed E-state index contributed by atoms with van der Waals surface area (Å²) in [6.07, 6.45) is 0.785. The van der Waals surface area contributed by atoms with E-state index < -0.39 is 0 Å². The van der Waals surface area contributed by atoms with Gasteiger partial charge in [-0.15, -0.1) is 0 Å². The van der Waals surface area contributed by atoms with Gasteiger partial charge in [-0.3, -0.25) is 0 Å². The maximum absolute atomic E-state index is 9.96. The van der Waals surface area contributed by atoms with E-state index in [0.717, 1.165) is 6.42 Å². The molecule has 0 aromatic heterocycles. The lowest BCUT2D eigenvalue weighted by molar-refractivity contribution is 0.132. The number of aryl methyl sites for hydroxylation is 1. The lowest BCUT2D eigenvalue weighted by Gasteiger charge is -2.12. The van der Waals surface area contributed by atoms with Gasteiger partial charge in [-0.05, 0) is 48.4 Å². The monoisotopic (exact) mass is 176 g/mol. The highest BCUT2D eigenvalue weighted by atomic mass is 16.3. The van der Waals surface area contributed by atoms with Crippen molar-refractivity contribution in [1.82, 2.24) is 0 Å². The molecule has 0 saturated heterocycles. The fourth-order valence-corrected chi connectivity index (χ4v) is 2.23. The van der Waals surface area contributed by atoms with Crippen LogP contribution in [0.3, 0.4) is 0 Å². The number of aliphatic hydroxyl groups is 1. The summed E-state index contributed by atoms with van der Waals surface area (Å²) < 4.78 is 0. The third-order valence-corrected chi connectivity index (χ3v) is 3.25. The van der Waals surface area contributed by atoms with Crippen molar-refractivity contribution in [3.63, 3.8) is 0 Å². The van der Waals surface area contributed by atoms with Gasteiger partial charge < -0.3 is 5.11 Å². The Bertz CT molecular complexity index is 341. The summed E-state index contributed by atoms with van der Waals surface area (Å²) in [5.41, 5.74) is 5.08. The SMILES string of the molecule is Cc1ccc2c(c1C)C(O)C(C)C2. The summed E-state index contributed by atoms with van der Waals surface area (Å²) in [6.45, 7) is 6.32. The van der Waals surface area contributed by atoms with Gasteiger partial charge in [-0.2, -0.15) is 0 Å². The molecule has 0 heterocycles. The summed E-state index contributed by atoms with van der Waals surface area (Å²) in [5.74, 6) is 0.385. The molecule has 1 heteroatoms. The second kappa shape index (κ2) is 2.85. The van der Waals surface area contributed by atoms with E-state index in [0.29, 0.717) is 5.92 Å². The van der Waals surface area contributed by atoms with Crippen LogP contribution in [0.25, 0.3) is 0 Å². The second-order valence-corrected chi connectivity index (χ2v) is 4.21. The molecule has 0 fully saturated rings. The topological polar surface area (TPSA) is 20.2 Å². The smallest absolute Gasteiger partial charge is 0.0824 e. The van der Waals surface area contributed by atoms with Gasteiger partial charge in [-0.1, -0.05) is 19.1 Å². The molecule has 2 unspecified atom stereocenters. The van der Waals surface area contributed by atoms with Crippen molar-refractivity contribution in [2.24, 2.45) is 5.92 Å². The van der Waals surface area contributed by atoms with Crippen LogP contribution in [0, 0.1) is 19.8 Å². The number of rotatable bonds is 0. The Kier molecular flexibility index (Phi) is 1.92. The minimum atomic E-state index is -0.241. The van der Waals surface area contributed by atoms with Crippen LogP contribution in [0.2, 0.25) is 0 Å². The van der Waals surface area contributed by atoms with E-state index in [9.17, 15) is 5.11 Å². The highest BCUT2D eigenvalue weighted by molar-refractivity contribution is 5.44. The Labute approximate surface area is 79.4 Å². The lowest BCUT2D eigenvalue weighted by atomic mass is 9.98. The standard InChI is InChI=1S/C12H16O/c1-7-4-5-10-6-8(2)12(13)11(10)9(7)3/h4-5,8,12-13H,6H2,1-3H3. The van der Waals surface area contributed by atoms with Crippen LogP contribution in [0.15, 0.2) is 12.1 Å². The average Bonchev–Trinajstić information content (AvgIpc) is 2.37. The predicted molar refractivity (Wildman–Crippen MR) is 53.7 cm³/mol. The lowest BCUT2D eigenvalue weighted by Crippen LogP contribution is -2.03. The Balaban J connectivity index is 2.59. The zero-order valence-electron chi connectivity index (χ0n) is 8.46. The first-order chi connectivity index (χ1) is 6.11. The minimum absolute atomic E-state index is 0.241. The van der Waals surface area contributed by atoms with Gasteiger partial charge in [-0.25, -0.2) is 0 Å². The van der Waals surface area contributed by atoms with E-state index in [4.69, 9.17) is 0 Å². The van der Waals surface area contributed by atoms with Crippen molar-refractivity contribution in [2.75, 3.05) is 0 Å². The van der Waals surface area contributed by atoms with Crippen LogP contribution in [0.1, 0.15) is 35.3 Å². The zero-order valence-corrected chi connectivity index (χ0v) is 8.46. The van der Waals surface area contributed by atoms with Crippen LogP contribution >= 0.6 is 0 Å². The predicted octanol–water partition coefficient (Wildman–Crippen LogP) is 2.53. The summed E-state index contributed by atoms with van der Waals surface area (Å²) in [4.78, 5) is 0. The van der Waals surface area contributed by atoms with E-state index >= 15 is 0 Å². The van der Waals surface area contributed by atoms with Gasteiger partial charge >= 0.3 is 0 Å². The van der Waals surface area contributed by atoms with Crippen LogP contribution in [-0.4, -0.2) is 5.11 Å². The van der Waals surface area contributed by atoms with Crippen LogP contribution in [0.5, 0.6) is 0 Å². The fourth-order valence-electron chi connectivity index (χ4n) is 2.23. The van der Waals surface area contributed by atoms with Gasteiger partial charge in [0.15, 0.2) is 0 Å². The average molecular weight is 176 g/mol. The molecule has 2 rings (SSSR count). The summed E-state index contributed by atoms with van der Waals surface area (Å²) in [7, 11) is 0. The summed E-state index contributed by atoms with van der Waals surface area (Å²) in [6, 6.07) is 4.31. The number of hydrogen-bond acceptors (Lipinski definition) is 1. The number of fused-ring (bicyclic) bond motifs is 1. The van der Waals surface area contributed by atoms with Crippen LogP contribution < -0.4 is 0 Å². The number of hydrogen-bond donors (Lipinski definition) is 1. The molecular formula is C12H16O. The molecule has 70 valence electrons. The molecule has 0 aliphatic heterocycles. The first kappa shape index (κ1) is 8.76. The van der Waals surface area contributed by atoms with Crippen molar-refractivity contribution in [3.8, 4) is 0 Å². The highest BCUT2D eigenvalue weighted by Crippen LogP contribution is 2.38. The van der Waals surface area contributed by atoms with Gasteiger partial charge in [0.1, 0.15) is 0 Å². The zero-order chi connectivity index (χ0) is 9.59. The maximum Gasteiger partial charge on any atom is 0.0824 e. The Morgan fingerprint density at radius 3 is 2.69 bits per heavy atom. The minimum Gasteiger partial charge on any atom is -0.388 e. The third kappa shape index (κ3) is 1.19. The summed E-state index contributed by atoms with van der Waals surface area (Å²) >= 11 is 0. The molecule has 1 aromatic carbocycles. The fraction of sp³-hybridized carbons (Fsp3) is 0.500. The van der Waals surface area contributed by atoms with E-state index in [2.05, 4.69) is 32.9 Å². The van der Waals surface area contributed by atoms with Gasteiger partial charge in [0.2, 0.25) is 0 Å². The first-order valence-electron chi connectivity index (χ1n) is 4.88. The normalized spacial score (nSPS) is 26.2. The van der Waals surface area contributed by atoms with Gasteiger partial charge in [0.05, 0.1) is 6.10 Å². The Morgan fingerprint density at radius 1 is 1.31 bits per heavy atom. The van der Waals surface area contributed by atoms with Crippen molar-refractivity contribution >= 4 is 0 Å². The van der Waals surface area contributed by atoms with Crippen LogP contribution in [0.4, 0.5) is 0 Å². The van der Waals surface area contributed by atoms with Gasteiger partial charge in [0.25, 0.3) is 0 Å². The van der Waals surface area contributed by atoms with Crippen molar-refractivity contribution in [1.29, 1.82) is 0 Å². The third-order valence-electron chi connectivity index (χ3n) is 3.25. The van der Waals surface area contributed by atoms with E-state index in [1.807, 2.05) is 0 Å². The van der Waals surface area contributed by atoms with E-state index in [1.165, 1.54) is 22.3 Å². The van der Waals surface area contributed by atoms with Crippen LogP contribution in [-0.2, 0) is 6.42 Å². The molecule has 2 atom stereocenters. The molecular weight excluding hydrogens is 160 g/mol. The highest BCUT2D eigenvalue weighted by Gasteiger charge is 2.29. The van der Waals surface area contributed by atoms with Crippen molar-refractivity contribution in [3.05, 3.63) is 34.4 Å². The molecule has 1 nitrogen and oxygen atoms in total. The van der Waals surface area contributed by atoms with E-state index in [1.54, 1.807) is 0 Å². The molecule has 0 spiro atoms. The molecule has 0 bridgehead atoms. The molecule has 13 heavy (non-hydrogen) atoms. The maximum atomic E-state index is 9.96. The molecule has 0 radical (unpaired) electrons. The molecule has 1 aliphatic carbocycles. The van der Waals surface area contributed by atoms with Gasteiger partial charge in [0, 0.05) is 0 Å². The molecule has 1 N–H and O–H groups in total. The molecule has 1 aromatic rings. The molecule has 0 saturated carbocycles. The quantitative estimate of drug-likeness (QED) is 0.644. The Hall–Kier alpha value is -0.820. The summed E-state index contributed by atoms with van der Waals surface area (Å²) in [5, 5.41) is 9.96. The molecule has 0 amide bonds. The Morgan fingerprint density at radius 2 is 2.00 bits per heavy atom.